The summed E-state index contributed by atoms with van der Waals surface area (Å²) in [6.07, 6.45) is 1.33. The van der Waals surface area contributed by atoms with Crippen LogP contribution in [0.15, 0.2) is 0 Å². The molecule has 0 amide bonds. The molecule has 2 fully saturated rings. The van der Waals surface area contributed by atoms with Gasteiger partial charge in [-0.15, -0.1) is 0 Å². The predicted molar refractivity (Wildman–Crippen MR) is 52.8 cm³/mol. The molecule has 2 aliphatic heterocycles. The van der Waals surface area contributed by atoms with Crippen molar-refractivity contribution in [2.75, 3.05) is 46.4 Å². The van der Waals surface area contributed by atoms with Crippen molar-refractivity contribution in [3.05, 3.63) is 0 Å². The summed E-state index contributed by atoms with van der Waals surface area (Å²) in [6, 6.07) is 0. The Morgan fingerprint density at radius 3 is 2.85 bits per heavy atom. The van der Waals surface area contributed by atoms with Crippen molar-refractivity contribution in [3.63, 3.8) is 0 Å². The highest BCUT2D eigenvalue weighted by molar-refractivity contribution is 4.82. The van der Waals surface area contributed by atoms with Gasteiger partial charge in [-0.05, 0) is 24.8 Å². The number of hydrogen-bond acceptors (Lipinski definition) is 3. The van der Waals surface area contributed by atoms with Gasteiger partial charge < -0.3 is 15.0 Å². The Morgan fingerprint density at radius 1 is 1.38 bits per heavy atom. The molecule has 2 rings (SSSR count). The van der Waals surface area contributed by atoms with Crippen LogP contribution in [0.3, 0.4) is 0 Å². The summed E-state index contributed by atoms with van der Waals surface area (Å²) < 4.78 is 5.18. The molecule has 2 heterocycles. The van der Waals surface area contributed by atoms with Crippen LogP contribution >= 0.6 is 0 Å². The lowest BCUT2D eigenvalue weighted by Gasteiger charge is -2.31. The van der Waals surface area contributed by atoms with E-state index in [0.29, 0.717) is 0 Å². The van der Waals surface area contributed by atoms with E-state index in [2.05, 4.69) is 10.2 Å². The summed E-state index contributed by atoms with van der Waals surface area (Å²) in [4.78, 5) is 2.59. The number of likely N-dealkylation sites (tertiary alicyclic amines) is 1. The van der Waals surface area contributed by atoms with Gasteiger partial charge in [0.15, 0.2) is 0 Å². The standard InChI is InChI=1S/C10H20N2O/c1-13-8-9-2-3-12(6-9)7-10-4-11-5-10/h9-11H,2-8H2,1H3. The molecular weight excluding hydrogens is 164 g/mol. The SMILES string of the molecule is COCC1CCN(CC2CNC2)C1. The van der Waals surface area contributed by atoms with Crippen molar-refractivity contribution in [2.24, 2.45) is 11.8 Å². The lowest BCUT2D eigenvalue weighted by molar-refractivity contribution is 0.148. The molecule has 0 spiro atoms. The molecule has 0 saturated carbocycles. The summed E-state index contributed by atoms with van der Waals surface area (Å²) in [5, 5.41) is 3.32. The van der Waals surface area contributed by atoms with Gasteiger partial charge in [0.05, 0.1) is 6.61 Å². The maximum Gasteiger partial charge on any atom is 0.0503 e. The number of nitrogens with zero attached hydrogens (tertiary/aromatic N) is 1. The second kappa shape index (κ2) is 4.40. The molecule has 0 aromatic rings. The van der Waals surface area contributed by atoms with Crippen LogP contribution in [0.2, 0.25) is 0 Å². The number of nitrogens with one attached hydrogen (secondary N) is 1. The first kappa shape index (κ1) is 9.44. The van der Waals surface area contributed by atoms with Crippen LogP contribution in [0, 0.1) is 11.8 Å². The fourth-order valence-electron chi connectivity index (χ4n) is 2.29. The zero-order chi connectivity index (χ0) is 9.10. The highest BCUT2D eigenvalue weighted by Crippen LogP contribution is 2.18. The molecule has 0 bridgehead atoms. The first-order chi connectivity index (χ1) is 6.38. The van der Waals surface area contributed by atoms with Gasteiger partial charge in [0.2, 0.25) is 0 Å². The summed E-state index contributed by atoms with van der Waals surface area (Å²) in [5.74, 6) is 1.71. The van der Waals surface area contributed by atoms with Crippen LogP contribution in [-0.4, -0.2) is 51.3 Å². The van der Waals surface area contributed by atoms with E-state index < -0.39 is 0 Å². The number of ether oxygens (including phenoxy) is 1. The topological polar surface area (TPSA) is 24.5 Å². The maximum absolute atomic E-state index is 5.18. The molecule has 2 saturated heterocycles. The normalized spacial score (nSPS) is 30.7. The minimum Gasteiger partial charge on any atom is -0.384 e. The smallest absolute Gasteiger partial charge is 0.0503 e. The van der Waals surface area contributed by atoms with Gasteiger partial charge in [0, 0.05) is 33.3 Å². The van der Waals surface area contributed by atoms with Crippen molar-refractivity contribution in [3.8, 4) is 0 Å². The van der Waals surface area contributed by atoms with Crippen LogP contribution in [0.4, 0.5) is 0 Å². The lowest BCUT2D eigenvalue weighted by atomic mass is 10.0. The van der Waals surface area contributed by atoms with Gasteiger partial charge in [-0.1, -0.05) is 0 Å². The molecule has 2 aliphatic rings. The molecule has 0 aromatic carbocycles. The van der Waals surface area contributed by atoms with Gasteiger partial charge in [-0.2, -0.15) is 0 Å². The zero-order valence-electron chi connectivity index (χ0n) is 8.46. The van der Waals surface area contributed by atoms with Crippen molar-refractivity contribution in [1.29, 1.82) is 0 Å². The van der Waals surface area contributed by atoms with E-state index >= 15 is 0 Å². The minimum absolute atomic E-state index is 0.790. The van der Waals surface area contributed by atoms with Crippen LogP contribution < -0.4 is 5.32 Å². The highest BCUT2D eigenvalue weighted by Gasteiger charge is 2.26. The van der Waals surface area contributed by atoms with E-state index in [1.165, 1.54) is 39.1 Å². The van der Waals surface area contributed by atoms with Gasteiger partial charge >= 0.3 is 0 Å². The quantitative estimate of drug-likeness (QED) is 0.674. The monoisotopic (exact) mass is 184 g/mol. The predicted octanol–water partition coefficient (Wildman–Crippen LogP) is 0.174. The van der Waals surface area contributed by atoms with Gasteiger partial charge in [0.1, 0.15) is 0 Å². The van der Waals surface area contributed by atoms with Crippen molar-refractivity contribution in [1.82, 2.24) is 10.2 Å². The third kappa shape index (κ3) is 2.42. The highest BCUT2D eigenvalue weighted by atomic mass is 16.5. The van der Waals surface area contributed by atoms with Gasteiger partial charge in [-0.25, -0.2) is 0 Å². The van der Waals surface area contributed by atoms with E-state index in [0.717, 1.165) is 18.4 Å². The first-order valence-electron chi connectivity index (χ1n) is 5.30. The molecule has 3 nitrogen and oxygen atoms in total. The second-order valence-electron chi connectivity index (χ2n) is 4.39. The molecule has 1 unspecified atom stereocenters. The first-order valence-corrected chi connectivity index (χ1v) is 5.30. The molecule has 3 heteroatoms. The molecule has 13 heavy (non-hydrogen) atoms. The Bertz CT molecular complexity index is 159. The van der Waals surface area contributed by atoms with E-state index in [-0.39, 0.29) is 0 Å². The van der Waals surface area contributed by atoms with Gasteiger partial charge in [0.25, 0.3) is 0 Å². The maximum atomic E-state index is 5.18. The molecule has 0 aromatic heterocycles. The van der Waals surface area contributed by atoms with E-state index in [9.17, 15) is 0 Å². The molecular formula is C10H20N2O. The number of methoxy groups -OCH3 is 1. The summed E-state index contributed by atoms with van der Waals surface area (Å²) >= 11 is 0. The van der Waals surface area contributed by atoms with Crippen molar-refractivity contribution < 1.29 is 4.74 Å². The summed E-state index contributed by atoms with van der Waals surface area (Å²) in [5.41, 5.74) is 0. The molecule has 76 valence electrons. The second-order valence-corrected chi connectivity index (χ2v) is 4.39. The van der Waals surface area contributed by atoms with Crippen LogP contribution in [0.25, 0.3) is 0 Å². The largest absolute Gasteiger partial charge is 0.384 e. The molecule has 0 radical (unpaired) electrons. The van der Waals surface area contributed by atoms with E-state index in [1.807, 2.05) is 0 Å². The van der Waals surface area contributed by atoms with Gasteiger partial charge in [-0.3, -0.25) is 0 Å². The van der Waals surface area contributed by atoms with Crippen molar-refractivity contribution >= 4 is 0 Å². The average Bonchev–Trinajstić information content (AvgIpc) is 2.46. The van der Waals surface area contributed by atoms with E-state index in [1.54, 1.807) is 7.11 Å². The molecule has 1 atom stereocenters. The Kier molecular flexibility index (Phi) is 3.19. The van der Waals surface area contributed by atoms with Crippen LogP contribution in [0.5, 0.6) is 0 Å². The van der Waals surface area contributed by atoms with Crippen LogP contribution in [-0.2, 0) is 4.74 Å². The minimum atomic E-state index is 0.790. The number of hydrogen-bond donors (Lipinski definition) is 1. The van der Waals surface area contributed by atoms with Crippen LogP contribution in [0.1, 0.15) is 6.42 Å². The average molecular weight is 184 g/mol. The Balaban J connectivity index is 1.65. The zero-order valence-corrected chi connectivity index (χ0v) is 8.46. The summed E-state index contributed by atoms with van der Waals surface area (Å²) in [7, 11) is 1.80. The Morgan fingerprint density at radius 2 is 2.23 bits per heavy atom. The Labute approximate surface area is 80.4 Å². The molecule has 1 N–H and O–H groups in total. The fraction of sp³-hybridized carbons (Fsp3) is 1.00. The fourth-order valence-corrected chi connectivity index (χ4v) is 2.29. The summed E-state index contributed by atoms with van der Waals surface area (Å²) in [6.45, 7) is 7.23. The van der Waals surface area contributed by atoms with E-state index in [4.69, 9.17) is 4.74 Å². The molecule has 0 aliphatic carbocycles. The number of rotatable bonds is 4. The van der Waals surface area contributed by atoms with Crippen molar-refractivity contribution in [2.45, 2.75) is 6.42 Å². The Hall–Kier alpha value is -0.120. The lowest BCUT2D eigenvalue weighted by Crippen LogP contribution is -2.47. The third-order valence-electron chi connectivity index (χ3n) is 3.15. The third-order valence-corrected chi connectivity index (χ3v) is 3.15.